The van der Waals surface area contributed by atoms with Gasteiger partial charge in [0, 0.05) is 24.0 Å². The molecule has 0 amide bonds. The standard InChI is InChI=1S/C14H26N4O/c1-11(7-9-17(5)6)16-12-13(19)18(10-8-15-12)14(2,3)4/h8,10-11H,7,9H2,1-6H3,(H,15,16). The lowest BCUT2D eigenvalue weighted by atomic mass is 10.1. The van der Waals surface area contributed by atoms with E-state index in [2.05, 4.69) is 22.1 Å². The topological polar surface area (TPSA) is 50.2 Å². The molecule has 0 radical (unpaired) electrons. The van der Waals surface area contributed by atoms with Crippen LogP contribution >= 0.6 is 0 Å². The van der Waals surface area contributed by atoms with E-state index >= 15 is 0 Å². The van der Waals surface area contributed by atoms with Gasteiger partial charge in [-0.15, -0.1) is 0 Å². The van der Waals surface area contributed by atoms with E-state index in [0.717, 1.165) is 13.0 Å². The van der Waals surface area contributed by atoms with Gasteiger partial charge in [0.05, 0.1) is 0 Å². The van der Waals surface area contributed by atoms with E-state index in [0.29, 0.717) is 5.82 Å². The SMILES string of the molecule is CC(CCN(C)C)Nc1nccn(C(C)(C)C)c1=O. The van der Waals surface area contributed by atoms with Gasteiger partial charge in [0.15, 0.2) is 5.82 Å². The van der Waals surface area contributed by atoms with Gasteiger partial charge in [-0.25, -0.2) is 4.98 Å². The summed E-state index contributed by atoms with van der Waals surface area (Å²) in [6.45, 7) is 9.07. The Kier molecular flexibility index (Phi) is 5.11. The van der Waals surface area contributed by atoms with Crippen LogP contribution in [0.1, 0.15) is 34.1 Å². The lowest BCUT2D eigenvalue weighted by Gasteiger charge is -2.23. The number of hydrogen-bond donors (Lipinski definition) is 1. The molecule has 0 aliphatic heterocycles. The Morgan fingerprint density at radius 3 is 2.58 bits per heavy atom. The molecule has 0 bridgehead atoms. The Morgan fingerprint density at radius 2 is 2.05 bits per heavy atom. The number of nitrogens with one attached hydrogen (secondary N) is 1. The van der Waals surface area contributed by atoms with Crippen LogP contribution in [0.5, 0.6) is 0 Å². The van der Waals surface area contributed by atoms with Gasteiger partial charge in [0.1, 0.15) is 0 Å². The molecule has 1 aromatic rings. The number of hydrogen-bond acceptors (Lipinski definition) is 4. The van der Waals surface area contributed by atoms with Crippen LogP contribution in [0.3, 0.4) is 0 Å². The summed E-state index contributed by atoms with van der Waals surface area (Å²) >= 11 is 0. The minimum Gasteiger partial charge on any atom is -0.363 e. The van der Waals surface area contributed by atoms with Gasteiger partial charge in [-0.05, 0) is 54.8 Å². The predicted octanol–water partition coefficient (Wildman–Crippen LogP) is 1.75. The minimum atomic E-state index is -0.233. The first-order valence-electron chi connectivity index (χ1n) is 6.71. The lowest BCUT2D eigenvalue weighted by molar-refractivity contribution is 0.381. The number of nitrogens with zero attached hydrogens (tertiary/aromatic N) is 3. The number of rotatable bonds is 5. The average Bonchev–Trinajstić information content (AvgIpc) is 2.27. The van der Waals surface area contributed by atoms with Crippen LogP contribution < -0.4 is 10.9 Å². The van der Waals surface area contributed by atoms with Crippen LogP contribution in [0.15, 0.2) is 17.2 Å². The Labute approximate surface area is 115 Å². The van der Waals surface area contributed by atoms with Gasteiger partial charge < -0.3 is 14.8 Å². The number of aromatic nitrogens is 2. The zero-order valence-corrected chi connectivity index (χ0v) is 12.9. The molecular weight excluding hydrogens is 240 g/mol. The number of anilines is 1. The highest BCUT2D eigenvalue weighted by Gasteiger charge is 2.17. The van der Waals surface area contributed by atoms with Crippen molar-refractivity contribution in [2.45, 2.75) is 45.7 Å². The molecule has 0 saturated heterocycles. The average molecular weight is 266 g/mol. The zero-order chi connectivity index (χ0) is 14.6. The van der Waals surface area contributed by atoms with Crippen LogP contribution in [0.2, 0.25) is 0 Å². The molecular formula is C14H26N4O. The Balaban J connectivity index is 2.83. The third kappa shape index (κ3) is 4.67. The second-order valence-corrected chi connectivity index (χ2v) is 6.26. The summed E-state index contributed by atoms with van der Waals surface area (Å²) in [7, 11) is 4.08. The molecule has 1 unspecified atom stereocenters. The fourth-order valence-corrected chi connectivity index (χ4v) is 1.80. The maximum atomic E-state index is 12.3. The normalized spacial score (nSPS) is 13.6. The van der Waals surface area contributed by atoms with E-state index in [-0.39, 0.29) is 17.1 Å². The van der Waals surface area contributed by atoms with Crippen molar-refractivity contribution in [3.05, 3.63) is 22.7 Å². The predicted molar refractivity (Wildman–Crippen MR) is 79.7 cm³/mol. The van der Waals surface area contributed by atoms with E-state index in [1.54, 1.807) is 17.0 Å². The zero-order valence-electron chi connectivity index (χ0n) is 12.9. The van der Waals surface area contributed by atoms with E-state index in [4.69, 9.17) is 0 Å². The van der Waals surface area contributed by atoms with Gasteiger partial charge >= 0.3 is 0 Å². The van der Waals surface area contributed by atoms with Gasteiger partial charge in [-0.2, -0.15) is 0 Å². The third-order valence-electron chi connectivity index (χ3n) is 2.96. The molecule has 0 saturated carbocycles. The molecule has 1 heterocycles. The molecule has 19 heavy (non-hydrogen) atoms. The Hall–Kier alpha value is -1.36. The maximum Gasteiger partial charge on any atom is 0.293 e. The van der Waals surface area contributed by atoms with Crippen molar-refractivity contribution in [1.29, 1.82) is 0 Å². The van der Waals surface area contributed by atoms with E-state index in [1.807, 2.05) is 34.9 Å². The molecule has 0 fully saturated rings. The van der Waals surface area contributed by atoms with Crippen molar-refractivity contribution in [1.82, 2.24) is 14.5 Å². The second kappa shape index (κ2) is 6.19. The third-order valence-corrected chi connectivity index (χ3v) is 2.96. The Bertz CT molecular complexity index is 459. The van der Waals surface area contributed by atoms with Crippen LogP contribution in [0, 0.1) is 0 Å². The minimum absolute atomic E-state index is 0.0632. The van der Waals surface area contributed by atoms with Crippen LogP contribution in [0.4, 0.5) is 5.82 Å². The molecule has 0 aliphatic rings. The lowest BCUT2D eigenvalue weighted by Crippen LogP contribution is -2.36. The summed E-state index contributed by atoms with van der Waals surface area (Å²) in [6.07, 6.45) is 4.38. The second-order valence-electron chi connectivity index (χ2n) is 6.26. The first-order valence-corrected chi connectivity index (χ1v) is 6.71. The van der Waals surface area contributed by atoms with Gasteiger partial charge in [-0.1, -0.05) is 0 Å². The van der Waals surface area contributed by atoms with E-state index < -0.39 is 0 Å². The van der Waals surface area contributed by atoms with E-state index in [9.17, 15) is 4.79 Å². The highest BCUT2D eigenvalue weighted by atomic mass is 16.1. The van der Waals surface area contributed by atoms with Crippen molar-refractivity contribution in [2.24, 2.45) is 0 Å². The first-order chi connectivity index (χ1) is 8.71. The molecule has 0 spiro atoms. The Morgan fingerprint density at radius 1 is 1.42 bits per heavy atom. The summed E-state index contributed by atoms with van der Waals surface area (Å²) in [5.74, 6) is 0.434. The fraction of sp³-hybridized carbons (Fsp3) is 0.714. The molecule has 1 N–H and O–H groups in total. The molecule has 108 valence electrons. The molecule has 1 atom stereocenters. The van der Waals surface area contributed by atoms with Crippen molar-refractivity contribution in [2.75, 3.05) is 26.0 Å². The van der Waals surface area contributed by atoms with Gasteiger partial charge in [0.2, 0.25) is 0 Å². The summed E-state index contributed by atoms with van der Waals surface area (Å²) < 4.78 is 1.71. The summed E-state index contributed by atoms with van der Waals surface area (Å²) in [6, 6.07) is 0.221. The molecule has 1 aromatic heterocycles. The van der Waals surface area contributed by atoms with Crippen molar-refractivity contribution >= 4 is 5.82 Å². The molecule has 1 rings (SSSR count). The van der Waals surface area contributed by atoms with Crippen molar-refractivity contribution in [3.8, 4) is 0 Å². The van der Waals surface area contributed by atoms with E-state index in [1.165, 1.54) is 0 Å². The van der Waals surface area contributed by atoms with Crippen molar-refractivity contribution in [3.63, 3.8) is 0 Å². The van der Waals surface area contributed by atoms with Crippen LogP contribution in [-0.4, -0.2) is 41.1 Å². The van der Waals surface area contributed by atoms with Crippen LogP contribution in [-0.2, 0) is 5.54 Å². The highest BCUT2D eigenvalue weighted by Crippen LogP contribution is 2.11. The highest BCUT2D eigenvalue weighted by molar-refractivity contribution is 5.32. The molecule has 5 nitrogen and oxygen atoms in total. The smallest absolute Gasteiger partial charge is 0.293 e. The van der Waals surface area contributed by atoms with Gasteiger partial charge in [0.25, 0.3) is 5.56 Å². The molecule has 5 heteroatoms. The van der Waals surface area contributed by atoms with Crippen LogP contribution in [0.25, 0.3) is 0 Å². The fourth-order valence-electron chi connectivity index (χ4n) is 1.80. The quantitative estimate of drug-likeness (QED) is 0.882. The summed E-state index contributed by atoms with van der Waals surface area (Å²) in [4.78, 5) is 18.6. The first kappa shape index (κ1) is 15.7. The molecule has 0 aliphatic carbocycles. The summed E-state index contributed by atoms with van der Waals surface area (Å²) in [5, 5.41) is 3.21. The molecule has 0 aromatic carbocycles. The van der Waals surface area contributed by atoms with Crippen molar-refractivity contribution < 1.29 is 0 Å². The largest absolute Gasteiger partial charge is 0.363 e. The maximum absolute atomic E-state index is 12.3. The summed E-state index contributed by atoms with van der Waals surface area (Å²) in [5.41, 5.74) is -0.296. The monoisotopic (exact) mass is 266 g/mol. The van der Waals surface area contributed by atoms with Gasteiger partial charge in [-0.3, -0.25) is 4.79 Å².